The molecule has 11 atom stereocenters. The van der Waals surface area contributed by atoms with Crippen LogP contribution < -0.4 is 16.8 Å². The molecule has 0 aromatic carbocycles. The zero-order chi connectivity index (χ0) is 20.5. The number of nitrogens with one attached hydrogen (secondary N) is 1. The number of rotatable bonds is 6. The largest absolute Gasteiger partial charge is 0.391 e. The maximum Gasteiger partial charge on any atom is 0.176 e. The minimum atomic E-state index is -1.38. The number of hydrogen-bond donors (Lipinski definition) is 8. The van der Waals surface area contributed by atoms with Gasteiger partial charge in [0.15, 0.2) is 6.29 Å². The summed E-state index contributed by atoms with van der Waals surface area (Å²) < 4.78 is 11.2. The molecule has 2 fully saturated rings. The van der Waals surface area contributed by atoms with E-state index in [-0.39, 0.29) is 6.04 Å². The predicted octanol–water partition coefficient (Wildman–Crippen LogP) is -3.41. The summed E-state index contributed by atoms with van der Waals surface area (Å²) >= 11 is 0. The Balaban J connectivity index is 2.05. The second-order valence-electron chi connectivity index (χ2n) is 8.16. The SMILES string of the molecule is CC(C)CNC1CC(N)[C@@H](O[C@H]2OC(C(C)O)[C@H](O)C(O)[C@@H]2N)[C@H](O)[C@@H]1O. The van der Waals surface area contributed by atoms with Crippen LogP contribution in [-0.4, -0.2) is 99.2 Å². The third-order valence-corrected chi connectivity index (χ3v) is 5.29. The maximum atomic E-state index is 10.5. The van der Waals surface area contributed by atoms with Crippen LogP contribution in [0.5, 0.6) is 0 Å². The maximum absolute atomic E-state index is 10.5. The van der Waals surface area contributed by atoms with Crippen molar-refractivity contribution in [3.63, 3.8) is 0 Å². The molecule has 0 amide bonds. The highest BCUT2D eigenvalue weighted by Crippen LogP contribution is 2.28. The molecular weight excluding hydrogens is 358 g/mol. The average Bonchev–Trinajstić information content (AvgIpc) is 2.59. The molecule has 10 nitrogen and oxygen atoms in total. The topological polar surface area (TPSA) is 184 Å². The van der Waals surface area contributed by atoms with Crippen molar-refractivity contribution in [2.75, 3.05) is 6.54 Å². The van der Waals surface area contributed by atoms with Crippen LogP contribution in [0, 0.1) is 5.92 Å². The minimum Gasteiger partial charge on any atom is -0.391 e. The molecule has 1 saturated heterocycles. The van der Waals surface area contributed by atoms with E-state index < -0.39 is 61.1 Å². The zero-order valence-electron chi connectivity index (χ0n) is 16.0. The Morgan fingerprint density at radius 3 is 2.22 bits per heavy atom. The lowest BCUT2D eigenvalue weighted by atomic mass is 9.83. The Hall–Kier alpha value is -0.400. The van der Waals surface area contributed by atoms with Gasteiger partial charge in [-0.05, 0) is 25.8 Å². The van der Waals surface area contributed by atoms with Crippen molar-refractivity contribution < 1.29 is 35.0 Å². The Bertz CT molecular complexity index is 470. The van der Waals surface area contributed by atoms with Gasteiger partial charge in [-0.2, -0.15) is 0 Å². The molecule has 1 aliphatic heterocycles. The number of aliphatic hydroxyl groups excluding tert-OH is 5. The van der Waals surface area contributed by atoms with Gasteiger partial charge < -0.3 is 51.8 Å². The van der Waals surface area contributed by atoms with Crippen LogP contribution in [0.25, 0.3) is 0 Å². The summed E-state index contributed by atoms with van der Waals surface area (Å²) in [7, 11) is 0. The van der Waals surface area contributed by atoms with Gasteiger partial charge in [0.05, 0.1) is 18.2 Å². The van der Waals surface area contributed by atoms with E-state index in [0.717, 1.165) is 0 Å². The summed E-state index contributed by atoms with van der Waals surface area (Å²) in [5.74, 6) is 0.374. The van der Waals surface area contributed by atoms with Crippen molar-refractivity contribution in [1.29, 1.82) is 0 Å². The first kappa shape index (κ1) is 22.9. The van der Waals surface area contributed by atoms with Crippen molar-refractivity contribution in [2.45, 2.75) is 94.3 Å². The lowest BCUT2D eigenvalue weighted by Gasteiger charge is -2.47. The van der Waals surface area contributed by atoms with E-state index in [1.807, 2.05) is 13.8 Å². The first-order chi connectivity index (χ1) is 12.5. The van der Waals surface area contributed by atoms with Gasteiger partial charge in [-0.1, -0.05) is 13.8 Å². The van der Waals surface area contributed by atoms with Crippen LogP contribution in [0.3, 0.4) is 0 Å². The van der Waals surface area contributed by atoms with E-state index in [1.165, 1.54) is 6.92 Å². The molecule has 1 aliphatic carbocycles. The standard InChI is InChI=1S/C17H35N3O7/c1-6(2)5-20-9-4-8(18)16(13(24)11(9)22)27-17-10(19)12(23)14(25)15(26-17)7(3)21/h6-17,20-25H,4-5,18-19H2,1-3H3/t7?,8?,9?,10-,11+,12?,13+,14+,15?,16+,17+/m0/s1. The average molecular weight is 393 g/mol. The molecule has 0 radical (unpaired) electrons. The quantitative estimate of drug-likeness (QED) is 0.226. The van der Waals surface area contributed by atoms with Crippen LogP contribution in [0.4, 0.5) is 0 Å². The Labute approximate surface area is 159 Å². The summed E-state index contributed by atoms with van der Waals surface area (Å²) in [6.45, 7) is 6.14. The first-order valence-electron chi connectivity index (χ1n) is 9.50. The molecule has 10 heteroatoms. The van der Waals surface area contributed by atoms with E-state index in [0.29, 0.717) is 18.9 Å². The van der Waals surface area contributed by atoms with Gasteiger partial charge in [0.2, 0.25) is 0 Å². The lowest BCUT2D eigenvalue weighted by molar-refractivity contribution is -0.301. The van der Waals surface area contributed by atoms with Crippen LogP contribution in [-0.2, 0) is 9.47 Å². The van der Waals surface area contributed by atoms with Crippen molar-refractivity contribution in [1.82, 2.24) is 5.32 Å². The summed E-state index contributed by atoms with van der Waals surface area (Å²) in [4.78, 5) is 0. The van der Waals surface area contributed by atoms with Gasteiger partial charge in [-0.15, -0.1) is 0 Å². The van der Waals surface area contributed by atoms with Gasteiger partial charge in [0, 0.05) is 12.1 Å². The minimum absolute atomic E-state index is 0.364. The highest BCUT2D eigenvalue weighted by molar-refractivity contribution is 5.00. The molecule has 2 rings (SSSR count). The molecule has 5 unspecified atom stereocenters. The fourth-order valence-electron chi connectivity index (χ4n) is 3.61. The second kappa shape index (κ2) is 9.40. The van der Waals surface area contributed by atoms with E-state index in [4.69, 9.17) is 20.9 Å². The summed E-state index contributed by atoms with van der Waals surface area (Å²) in [5, 5.41) is 54.0. The van der Waals surface area contributed by atoms with E-state index in [2.05, 4.69) is 5.32 Å². The smallest absolute Gasteiger partial charge is 0.176 e. The Morgan fingerprint density at radius 1 is 1.04 bits per heavy atom. The van der Waals surface area contributed by atoms with Crippen LogP contribution >= 0.6 is 0 Å². The van der Waals surface area contributed by atoms with Crippen LogP contribution in [0.2, 0.25) is 0 Å². The van der Waals surface area contributed by atoms with E-state index in [1.54, 1.807) is 0 Å². The molecule has 0 aromatic rings. The fourth-order valence-corrected chi connectivity index (χ4v) is 3.61. The molecular formula is C17H35N3O7. The molecule has 2 aliphatic rings. The van der Waals surface area contributed by atoms with Gasteiger partial charge in [0.25, 0.3) is 0 Å². The molecule has 0 bridgehead atoms. The van der Waals surface area contributed by atoms with Crippen LogP contribution in [0.1, 0.15) is 27.2 Å². The molecule has 0 aromatic heterocycles. The summed E-state index contributed by atoms with van der Waals surface area (Å²) in [5.41, 5.74) is 12.0. The van der Waals surface area contributed by atoms with Crippen molar-refractivity contribution in [3.8, 4) is 0 Å². The van der Waals surface area contributed by atoms with E-state index in [9.17, 15) is 25.5 Å². The van der Waals surface area contributed by atoms with Crippen molar-refractivity contribution in [3.05, 3.63) is 0 Å². The highest BCUT2D eigenvalue weighted by atomic mass is 16.7. The molecule has 27 heavy (non-hydrogen) atoms. The molecule has 0 spiro atoms. The Morgan fingerprint density at radius 2 is 1.67 bits per heavy atom. The highest BCUT2D eigenvalue weighted by Gasteiger charge is 2.49. The fraction of sp³-hybridized carbons (Fsp3) is 1.00. The van der Waals surface area contributed by atoms with Crippen molar-refractivity contribution >= 4 is 0 Å². The first-order valence-corrected chi connectivity index (χ1v) is 9.50. The number of aliphatic hydroxyl groups is 5. The number of nitrogens with two attached hydrogens (primary N) is 2. The second-order valence-corrected chi connectivity index (χ2v) is 8.16. The number of ether oxygens (including phenoxy) is 2. The normalized spacial score (nSPS) is 47.2. The lowest BCUT2D eigenvalue weighted by Crippen LogP contribution is -2.68. The van der Waals surface area contributed by atoms with E-state index >= 15 is 0 Å². The van der Waals surface area contributed by atoms with Gasteiger partial charge in [-0.3, -0.25) is 0 Å². The third kappa shape index (κ3) is 5.15. The van der Waals surface area contributed by atoms with Crippen molar-refractivity contribution in [2.24, 2.45) is 17.4 Å². The van der Waals surface area contributed by atoms with Crippen LogP contribution in [0.15, 0.2) is 0 Å². The monoisotopic (exact) mass is 393 g/mol. The molecule has 1 heterocycles. The molecule has 10 N–H and O–H groups in total. The zero-order valence-corrected chi connectivity index (χ0v) is 16.0. The molecule has 160 valence electrons. The van der Waals surface area contributed by atoms with Gasteiger partial charge >= 0.3 is 0 Å². The Kier molecular flexibility index (Phi) is 7.97. The van der Waals surface area contributed by atoms with Gasteiger partial charge in [-0.25, -0.2) is 0 Å². The third-order valence-electron chi connectivity index (χ3n) is 5.29. The van der Waals surface area contributed by atoms with Gasteiger partial charge in [0.1, 0.15) is 30.5 Å². The summed E-state index contributed by atoms with van der Waals surface area (Å²) in [6, 6.07) is -2.10. The number of hydrogen-bond acceptors (Lipinski definition) is 10. The molecule has 1 saturated carbocycles. The predicted molar refractivity (Wildman–Crippen MR) is 96.4 cm³/mol. The summed E-state index contributed by atoms with van der Waals surface area (Å²) in [6.07, 6.45) is -9.15.